The highest BCUT2D eigenvalue weighted by Gasteiger charge is 2.18. The summed E-state index contributed by atoms with van der Waals surface area (Å²) >= 11 is 0. The Hall–Kier alpha value is -3.55. The summed E-state index contributed by atoms with van der Waals surface area (Å²) in [4.78, 5) is 12.0. The Balaban J connectivity index is 1.67. The van der Waals surface area contributed by atoms with Crippen molar-refractivity contribution < 1.29 is 28.2 Å². The summed E-state index contributed by atoms with van der Waals surface area (Å²) in [7, 11) is 4.57. The fourth-order valence-electron chi connectivity index (χ4n) is 2.70. The second kappa shape index (κ2) is 9.09. The smallest absolute Gasteiger partial charge is 0.310 e. The summed E-state index contributed by atoms with van der Waals surface area (Å²) in [5.74, 6) is 1.45. The molecule has 0 N–H and O–H groups in total. The average molecular weight is 398 g/mol. The molecule has 0 radical (unpaired) electrons. The quantitative estimate of drug-likeness (QED) is 0.533. The third-order valence-corrected chi connectivity index (χ3v) is 4.20. The van der Waals surface area contributed by atoms with Gasteiger partial charge in [-0.2, -0.15) is 0 Å². The van der Waals surface area contributed by atoms with Crippen molar-refractivity contribution in [3.8, 4) is 28.7 Å². The van der Waals surface area contributed by atoms with Crippen LogP contribution < -0.4 is 14.2 Å². The van der Waals surface area contributed by atoms with Gasteiger partial charge in [-0.3, -0.25) is 4.79 Å². The zero-order valence-corrected chi connectivity index (χ0v) is 16.7. The van der Waals surface area contributed by atoms with Gasteiger partial charge in [-0.25, -0.2) is 0 Å². The molecule has 8 nitrogen and oxygen atoms in total. The minimum Gasteiger partial charge on any atom is -0.493 e. The van der Waals surface area contributed by atoms with Gasteiger partial charge in [0.05, 0.1) is 27.8 Å². The van der Waals surface area contributed by atoms with Crippen LogP contribution in [-0.4, -0.2) is 37.5 Å². The van der Waals surface area contributed by atoms with E-state index < -0.39 is 0 Å². The highest BCUT2D eigenvalue weighted by atomic mass is 16.5. The Morgan fingerprint density at radius 3 is 2.21 bits per heavy atom. The van der Waals surface area contributed by atoms with Crippen LogP contribution in [0.1, 0.15) is 17.0 Å². The molecule has 0 spiro atoms. The van der Waals surface area contributed by atoms with Crippen LogP contribution in [0, 0.1) is 6.92 Å². The van der Waals surface area contributed by atoms with Crippen LogP contribution in [0.2, 0.25) is 0 Å². The van der Waals surface area contributed by atoms with Crippen molar-refractivity contribution in [2.45, 2.75) is 20.0 Å². The zero-order chi connectivity index (χ0) is 20.8. The molecule has 0 saturated carbocycles. The van der Waals surface area contributed by atoms with Crippen molar-refractivity contribution in [3.63, 3.8) is 0 Å². The molecule has 29 heavy (non-hydrogen) atoms. The summed E-state index contributed by atoms with van der Waals surface area (Å²) < 4.78 is 26.8. The molecular weight excluding hydrogens is 376 g/mol. The predicted octanol–water partition coefficient (Wildman–Crippen LogP) is 3.36. The molecule has 2 aromatic carbocycles. The van der Waals surface area contributed by atoms with Gasteiger partial charge >= 0.3 is 5.97 Å². The number of aryl methyl sites for hydroxylation is 1. The maximum absolute atomic E-state index is 12.0. The molecule has 1 aromatic heterocycles. The monoisotopic (exact) mass is 398 g/mol. The van der Waals surface area contributed by atoms with Crippen LogP contribution in [0.4, 0.5) is 0 Å². The molecule has 0 aliphatic carbocycles. The van der Waals surface area contributed by atoms with Crippen LogP contribution >= 0.6 is 0 Å². The number of benzene rings is 2. The van der Waals surface area contributed by atoms with Crippen molar-refractivity contribution in [2.24, 2.45) is 0 Å². The van der Waals surface area contributed by atoms with Crippen LogP contribution in [0.3, 0.4) is 0 Å². The van der Waals surface area contributed by atoms with E-state index in [1.165, 1.54) is 21.3 Å². The van der Waals surface area contributed by atoms with Gasteiger partial charge in [0.2, 0.25) is 11.6 Å². The van der Waals surface area contributed by atoms with Gasteiger partial charge in [-0.15, -0.1) is 10.2 Å². The van der Waals surface area contributed by atoms with E-state index in [1.54, 1.807) is 12.1 Å². The number of hydrogen-bond acceptors (Lipinski definition) is 8. The van der Waals surface area contributed by atoms with Crippen LogP contribution in [-0.2, 0) is 22.6 Å². The van der Waals surface area contributed by atoms with E-state index in [2.05, 4.69) is 10.2 Å². The Morgan fingerprint density at radius 2 is 1.62 bits per heavy atom. The fraction of sp³-hybridized carbons (Fsp3) is 0.286. The van der Waals surface area contributed by atoms with Crippen molar-refractivity contribution in [3.05, 3.63) is 53.4 Å². The fourth-order valence-corrected chi connectivity index (χ4v) is 2.70. The maximum Gasteiger partial charge on any atom is 0.310 e. The number of rotatable bonds is 8. The van der Waals surface area contributed by atoms with Gasteiger partial charge in [0.25, 0.3) is 5.89 Å². The lowest BCUT2D eigenvalue weighted by molar-refractivity contribution is -0.144. The molecular formula is C21H22N2O6. The van der Waals surface area contributed by atoms with Crippen molar-refractivity contribution in [1.29, 1.82) is 0 Å². The average Bonchev–Trinajstić information content (AvgIpc) is 3.22. The lowest BCUT2D eigenvalue weighted by atomic mass is 10.1. The number of nitrogens with zero attached hydrogens (tertiary/aromatic N) is 2. The minimum atomic E-state index is -0.374. The summed E-state index contributed by atoms with van der Waals surface area (Å²) in [6.45, 7) is 1.88. The first-order valence-electron chi connectivity index (χ1n) is 8.88. The highest BCUT2D eigenvalue weighted by molar-refractivity contribution is 5.72. The standard InChI is InChI=1S/C21H22N2O6/c1-13-5-7-14(8-6-13)9-19(24)28-12-18-22-23-21(29-18)15-10-16(25-2)20(27-4)17(11-15)26-3/h5-8,10-11H,9,12H2,1-4H3. The minimum absolute atomic E-state index is 0.109. The molecule has 0 fully saturated rings. The maximum atomic E-state index is 12.0. The summed E-state index contributed by atoms with van der Waals surface area (Å²) in [6.07, 6.45) is 0.175. The van der Waals surface area contributed by atoms with Gasteiger partial charge < -0.3 is 23.4 Å². The first-order valence-corrected chi connectivity index (χ1v) is 8.88. The van der Waals surface area contributed by atoms with Crippen LogP contribution in [0.15, 0.2) is 40.8 Å². The lowest BCUT2D eigenvalue weighted by Gasteiger charge is -2.12. The lowest BCUT2D eigenvalue weighted by Crippen LogP contribution is -2.08. The van der Waals surface area contributed by atoms with E-state index >= 15 is 0 Å². The number of carbonyl (C=O) groups is 1. The van der Waals surface area contributed by atoms with Crippen molar-refractivity contribution in [2.75, 3.05) is 21.3 Å². The van der Waals surface area contributed by atoms with Gasteiger partial charge in [-0.1, -0.05) is 29.8 Å². The Morgan fingerprint density at radius 1 is 0.966 bits per heavy atom. The van der Waals surface area contributed by atoms with Crippen LogP contribution in [0.25, 0.3) is 11.5 Å². The molecule has 3 rings (SSSR count). The second-order valence-corrected chi connectivity index (χ2v) is 6.24. The third kappa shape index (κ3) is 4.84. The highest BCUT2D eigenvalue weighted by Crippen LogP contribution is 2.40. The molecule has 152 valence electrons. The van der Waals surface area contributed by atoms with Crippen LogP contribution in [0.5, 0.6) is 17.2 Å². The molecule has 0 aliphatic heterocycles. The number of aromatic nitrogens is 2. The normalized spacial score (nSPS) is 10.5. The SMILES string of the molecule is COc1cc(-c2nnc(COC(=O)Cc3ccc(C)cc3)o2)cc(OC)c1OC. The van der Waals surface area contributed by atoms with Gasteiger partial charge in [-0.05, 0) is 24.6 Å². The predicted molar refractivity (Wildman–Crippen MR) is 104 cm³/mol. The Bertz CT molecular complexity index is 956. The topological polar surface area (TPSA) is 92.9 Å². The van der Waals surface area contributed by atoms with E-state index in [9.17, 15) is 4.79 Å². The third-order valence-electron chi connectivity index (χ3n) is 4.20. The number of ether oxygens (including phenoxy) is 4. The zero-order valence-electron chi connectivity index (χ0n) is 16.7. The van der Waals surface area contributed by atoms with Crippen molar-refractivity contribution in [1.82, 2.24) is 10.2 Å². The molecule has 0 amide bonds. The molecule has 0 atom stereocenters. The Labute approximate surface area is 168 Å². The van der Waals surface area contributed by atoms with E-state index in [1.807, 2.05) is 31.2 Å². The molecule has 0 saturated heterocycles. The molecule has 3 aromatic rings. The molecule has 8 heteroatoms. The number of methoxy groups -OCH3 is 3. The molecule has 1 heterocycles. The first-order chi connectivity index (χ1) is 14.0. The first kappa shape index (κ1) is 20.2. The Kier molecular flexibility index (Phi) is 6.33. The van der Waals surface area contributed by atoms with E-state index in [0.29, 0.717) is 22.8 Å². The number of esters is 1. The van der Waals surface area contributed by atoms with E-state index in [4.69, 9.17) is 23.4 Å². The second-order valence-electron chi connectivity index (χ2n) is 6.24. The molecule has 0 unspecified atom stereocenters. The molecule has 0 aliphatic rings. The summed E-state index contributed by atoms with van der Waals surface area (Å²) in [6, 6.07) is 11.1. The van der Waals surface area contributed by atoms with Gasteiger partial charge in [0, 0.05) is 5.56 Å². The number of hydrogen-bond donors (Lipinski definition) is 0. The summed E-state index contributed by atoms with van der Waals surface area (Å²) in [5, 5.41) is 7.93. The summed E-state index contributed by atoms with van der Waals surface area (Å²) in [5.41, 5.74) is 2.60. The van der Waals surface area contributed by atoms with E-state index in [0.717, 1.165) is 11.1 Å². The largest absolute Gasteiger partial charge is 0.493 e. The van der Waals surface area contributed by atoms with Gasteiger partial charge in [0.15, 0.2) is 18.1 Å². The molecule has 0 bridgehead atoms. The number of carbonyl (C=O) groups excluding carboxylic acids is 1. The van der Waals surface area contributed by atoms with E-state index in [-0.39, 0.29) is 30.8 Å². The van der Waals surface area contributed by atoms with Crippen molar-refractivity contribution >= 4 is 5.97 Å². The van der Waals surface area contributed by atoms with Gasteiger partial charge in [0.1, 0.15) is 0 Å².